The molecule has 1 aromatic carbocycles. The van der Waals surface area contributed by atoms with Crippen LogP contribution < -0.4 is 10.6 Å². The van der Waals surface area contributed by atoms with Crippen LogP contribution in [0.2, 0.25) is 0 Å². The van der Waals surface area contributed by atoms with Crippen LogP contribution in [0.25, 0.3) is 0 Å². The highest BCUT2D eigenvalue weighted by atomic mass is 32.1. The second-order valence-corrected chi connectivity index (χ2v) is 7.17. The van der Waals surface area contributed by atoms with Gasteiger partial charge in [-0.1, -0.05) is 24.3 Å². The van der Waals surface area contributed by atoms with Gasteiger partial charge in [-0.05, 0) is 18.1 Å². The van der Waals surface area contributed by atoms with Crippen LogP contribution >= 0.6 is 11.3 Å². The SMILES string of the molecule is CCNC(=NCc1ccc(Cn2ccnc2)cc1)NCc1nc(C(F)(F)F)cs1. The van der Waals surface area contributed by atoms with E-state index in [2.05, 4.69) is 25.6 Å². The summed E-state index contributed by atoms with van der Waals surface area (Å²) in [6.45, 7) is 3.94. The average molecular weight is 422 g/mol. The van der Waals surface area contributed by atoms with Crippen LogP contribution in [-0.2, 0) is 25.8 Å². The van der Waals surface area contributed by atoms with Crippen LogP contribution in [0.1, 0.15) is 28.8 Å². The number of nitrogens with one attached hydrogen (secondary N) is 2. The second-order valence-electron chi connectivity index (χ2n) is 6.22. The molecule has 0 aliphatic carbocycles. The van der Waals surface area contributed by atoms with Crippen molar-refractivity contribution < 1.29 is 13.2 Å². The van der Waals surface area contributed by atoms with E-state index in [1.165, 1.54) is 0 Å². The van der Waals surface area contributed by atoms with Gasteiger partial charge in [-0.25, -0.2) is 15.0 Å². The first-order valence-electron chi connectivity index (χ1n) is 9.01. The van der Waals surface area contributed by atoms with Gasteiger partial charge in [0.1, 0.15) is 5.01 Å². The first-order valence-corrected chi connectivity index (χ1v) is 9.89. The van der Waals surface area contributed by atoms with Crippen molar-refractivity contribution >= 4 is 17.3 Å². The van der Waals surface area contributed by atoms with E-state index in [4.69, 9.17) is 0 Å². The lowest BCUT2D eigenvalue weighted by Crippen LogP contribution is -2.36. The maximum atomic E-state index is 12.6. The van der Waals surface area contributed by atoms with E-state index in [1.54, 1.807) is 12.5 Å². The molecule has 0 fully saturated rings. The van der Waals surface area contributed by atoms with Crippen molar-refractivity contribution in [3.8, 4) is 0 Å². The summed E-state index contributed by atoms with van der Waals surface area (Å²) in [4.78, 5) is 12.1. The molecular weight excluding hydrogens is 401 g/mol. The normalized spacial score (nSPS) is 12.2. The molecule has 10 heteroatoms. The number of rotatable bonds is 7. The maximum Gasteiger partial charge on any atom is 0.434 e. The lowest BCUT2D eigenvalue weighted by molar-refractivity contribution is -0.140. The van der Waals surface area contributed by atoms with Crippen LogP contribution in [0.3, 0.4) is 0 Å². The van der Waals surface area contributed by atoms with E-state index in [0.717, 1.165) is 34.4 Å². The molecule has 2 N–H and O–H groups in total. The standard InChI is InChI=1S/C19H21F3N6S/c1-2-24-18(26-10-17-27-16(12-29-17)19(20,21)22)25-9-14-3-5-15(6-4-14)11-28-8-7-23-13-28/h3-8,12-13H,2,9-11H2,1H3,(H2,24,25,26). The van der Waals surface area contributed by atoms with Gasteiger partial charge in [-0.2, -0.15) is 13.2 Å². The highest BCUT2D eigenvalue weighted by Gasteiger charge is 2.33. The predicted octanol–water partition coefficient (Wildman–Crippen LogP) is 3.66. The van der Waals surface area contributed by atoms with Crippen molar-refractivity contribution in [3.05, 3.63) is 70.2 Å². The quantitative estimate of drug-likeness (QED) is 0.451. The molecule has 0 spiro atoms. The molecule has 0 saturated carbocycles. The van der Waals surface area contributed by atoms with Crippen molar-refractivity contribution in [1.29, 1.82) is 0 Å². The molecule has 2 aromatic heterocycles. The summed E-state index contributed by atoms with van der Waals surface area (Å²) >= 11 is 0.971. The molecule has 0 atom stereocenters. The summed E-state index contributed by atoms with van der Waals surface area (Å²) in [6.07, 6.45) is 1.00. The van der Waals surface area contributed by atoms with E-state index in [0.29, 0.717) is 24.1 Å². The van der Waals surface area contributed by atoms with Gasteiger partial charge >= 0.3 is 6.18 Å². The molecule has 29 heavy (non-hydrogen) atoms. The molecular formula is C19H21F3N6S. The van der Waals surface area contributed by atoms with Crippen molar-refractivity contribution in [2.24, 2.45) is 4.99 Å². The molecule has 0 amide bonds. The number of aromatic nitrogens is 3. The minimum Gasteiger partial charge on any atom is -0.357 e. The predicted molar refractivity (Wildman–Crippen MR) is 107 cm³/mol. The summed E-state index contributed by atoms with van der Waals surface area (Å²) < 4.78 is 39.9. The van der Waals surface area contributed by atoms with Gasteiger partial charge in [0.05, 0.1) is 19.4 Å². The number of imidazole rings is 1. The Balaban J connectivity index is 1.56. The fourth-order valence-electron chi connectivity index (χ4n) is 2.53. The number of aliphatic imine (C=N–C) groups is 1. The molecule has 2 heterocycles. The molecule has 0 saturated heterocycles. The van der Waals surface area contributed by atoms with Crippen molar-refractivity contribution in [1.82, 2.24) is 25.2 Å². The summed E-state index contributed by atoms with van der Waals surface area (Å²) in [7, 11) is 0. The van der Waals surface area contributed by atoms with Crippen molar-refractivity contribution in [2.75, 3.05) is 6.54 Å². The molecule has 154 valence electrons. The third-order valence-electron chi connectivity index (χ3n) is 3.96. The van der Waals surface area contributed by atoms with Gasteiger partial charge in [0.25, 0.3) is 0 Å². The highest BCUT2D eigenvalue weighted by molar-refractivity contribution is 7.09. The largest absolute Gasteiger partial charge is 0.434 e. The van der Waals surface area contributed by atoms with Gasteiger partial charge in [0.15, 0.2) is 11.7 Å². The van der Waals surface area contributed by atoms with E-state index >= 15 is 0 Å². The number of hydrogen-bond acceptors (Lipinski definition) is 4. The Bertz CT molecular complexity index is 916. The fourth-order valence-corrected chi connectivity index (χ4v) is 3.28. The molecule has 0 unspecified atom stereocenters. The van der Waals surface area contributed by atoms with E-state index in [9.17, 15) is 13.2 Å². The van der Waals surface area contributed by atoms with Crippen LogP contribution in [-0.4, -0.2) is 27.0 Å². The number of thiazole rings is 1. The fraction of sp³-hybridized carbons (Fsp3) is 0.316. The summed E-state index contributed by atoms with van der Waals surface area (Å²) in [5, 5.41) is 7.48. The molecule has 3 rings (SSSR count). The lowest BCUT2D eigenvalue weighted by atomic mass is 10.1. The minimum absolute atomic E-state index is 0.177. The molecule has 3 aromatic rings. The molecule has 0 bridgehead atoms. The summed E-state index contributed by atoms with van der Waals surface area (Å²) in [6, 6.07) is 8.10. The van der Waals surface area contributed by atoms with Crippen molar-refractivity contribution in [3.63, 3.8) is 0 Å². The van der Waals surface area contributed by atoms with Crippen molar-refractivity contribution in [2.45, 2.75) is 32.7 Å². The van der Waals surface area contributed by atoms with Gasteiger partial charge < -0.3 is 15.2 Å². The summed E-state index contributed by atoms with van der Waals surface area (Å²) in [5.41, 5.74) is 1.33. The Morgan fingerprint density at radius 3 is 2.55 bits per heavy atom. The molecule has 0 radical (unpaired) electrons. The van der Waals surface area contributed by atoms with Crippen LogP contribution in [0.4, 0.5) is 13.2 Å². The number of guanidine groups is 1. The minimum atomic E-state index is -4.42. The van der Waals surface area contributed by atoms with Gasteiger partial charge in [-0.15, -0.1) is 11.3 Å². The second kappa shape index (κ2) is 9.55. The topological polar surface area (TPSA) is 67.1 Å². The zero-order chi connectivity index (χ0) is 20.7. The molecule has 0 aliphatic heterocycles. The number of halogens is 3. The van der Waals surface area contributed by atoms with Gasteiger partial charge in [0.2, 0.25) is 0 Å². The zero-order valence-electron chi connectivity index (χ0n) is 15.8. The van der Waals surface area contributed by atoms with Crippen LogP contribution in [0.15, 0.2) is 53.4 Å². The number of hydrogen-bond donors (Lipinski definition) is 2. The Morgan fingerprint density at radius 2 is 1.93 bits per heavy atom. The summed E-state index contributed by atoms with van der Waals surface area (Å²) in [5.74, 6) is 0.527. The van der Waals surface area contributed by atoms with E-state index in [-0.39, 0.29) is 6.54 Å². The van der Waals surface area contributed by atoms with Crippen LogP contribution in [0.5, 0.6) is 0 Å². The Kier molecular flexibility index (Phi) is 6.86. The van der Waals surface area contributed by atoms with Crippen LogP contribution in [0, 0.1) is 0 Å². The Hall–Kier alpha value is -2.88. The smallest absolute Gasteiger partial charge is 0.357 e. The average Bonchev–Trinajstić information content (AvgIpc) is 3.37. The van der Waals surface area contributed by atoms with Gasteiger partial charge in [-0.3, -0.25) is 0 Å². The van der Waals surface area contributed by atoms with E-state index in [1.807, 2.05) is 42.0 Å². The number of nitrogens with zero attached hydrogens (tertiary/aromatic N) is 4. The first kappa shape index (κ1) is 20.8. The van der Waals surface area contributed by atoms with Gasteiger partial charge in [0, 0.05) is 30.9 Å². The number of benzene rings is 1. The molecule has 6 nitrogen and oxygen atoms in total. The zero-order valence-corrected chi connectivity index (χ0v) is 16.6. The molecule has 0 aliphatic rings. The lowest BCUT2D eigenvalue weighted by Gasteiger charge is -2.10. The monoisotopic (exact) mass is 422 g/mol. The maximum absolute atomic E-state index is 12.6. The third kappa shape index (κ3) is 6.31. The third-order valence-corrected chi connectivity index (χ3v) is 4.81. The Morgan fingerprint density at radius 1 is 1.17 bits per heavy atom. The highest BCUT2D eigenvalue weighted by Crippen LogP contribution is 2.29. The van der Waals surface area contributed by atoms with E-state index < -0.39 is 11.9 Å². The Labute approximate surface area is 170 Å². The first-order chi connectivity index (χ1) is 13.9. The number of alkyl halides is 3.